The molecule has 0 aromatic heterocycles. The van der Waals surface area contributed by atoms with Crippen LogP contribution in [-0.2, 0) is 19.1 Å². The Hall–Kier alpha value is -1.06. The zero-order valence-corrected chi connectivity index (χ0v) is 9.87. The average molecular weight is 228 g/mol. The van der Waals surface area contributed by atoms with E-state index >= 15 is 0 Å². The molecule has 1 aliphatic carbocycles. The highest BCUT2D eigenvalue weighted by Crippen LogP contribution is 2.20. The summed E-state index contributed by atoms with van der Waals surface area (Å²) in [7, 11) is 0. The molecular formula is C12H20O4. The van der Waals surface area contributed by atoms with Gasteiger partial charge in [-0.1, -0.05) is 19.8 Å². The van der Waals surface area contributed by atoms with E-state index in [1.54, 1.807) is 0 Å². The molecule has 0 aromatic rings. The fourth-order valence-electron chi connectivity index (χ4n) is 1.75. The van der Waals surface area contributed by atoms with Crippen LogP contribution in [0, 0.1) is 0 Å². The Morgan fingerprint density at radius 1 is 1.12 bits per heavy atom. The second-order valence-corrected chi connectivity index (χ2v) is 4.15. The van der Waals surface area contributed by atoms with Crippen LogP contribution >= 0.6 is 0 Å². The Morgan fingerprint density at radius 3 is 2.44 bits per heavy atom. The van der Waals surface area contributed by atoms with Crippen LogP contribution in [0.3, 0.4) is 0 Å². The monoisotopic (exact) mass is 228 g/mol. The third-order valence-electron chi connectivity index (χ3n) is 2.72. The van der Waals surface area contributed by atoms with Crippen LogP contribution in [0.2, 0.25) is 0 Å². The molecule has 16 heavy (non-hydrogen) atoms. The van der Waals surface area contributed by atoms with Crippen molar-refractivity contribution in [3.63, 3.8) is 0 Å². The lowest BCUT2D eigenvalue weighted by molar-refractivity contribution is -0.171. The van der Waals surface area contributed by atoms with Gasteiger partial charge in [0.25, 0.3) is 0 Å². The summed E-state index contributed by atoms with van der Waals surface area (Å²) in [4.78, 5) is 22.5. The van der Waals surface area contributed by atoms with Crippen LogP contribution < -0.4 is 0 Å². The lowest BCUT2D eigenvalue weighted by Crippen LogP contribution is -2.27. The second-order valence-electron chi connectivity index (χ2n) is 4.15. The van der Waals surface area contributed by atoms with Crippen molar-refractivity contribution >= 4 is 11.9 Å². The number of carbonyl (C=O) groups is 2. The van der Waals surface area contributed by atoms with Gasteiger partial charge >= 0.3 is 11.9 Å². The van der Waals surface area contributed by atoms with Gasteiger partial charge in [-0.05, 0) is 32.1 Å². The highest BCUT2D eigenvalue weighted by Gasteiger charge is 2.23. The van der Waals surface area contributed by atoms with E-state index in [2.05, 4.69) is 0 Å². The van der Waals surface area contributed by atoms with Crippen LogP contribution in [0.5, 0.6) is 0 Å². The van der Waals surface area contributed by atoms with Gasteiger partial charge in [-0.15, -0.1) is 0 Å². The number of unbranched alkanes of at least 4 members (excludes halogenated alkanes) is 1. The maximum Gasteiger partial charge on any atom is 0.417 e. The van der Waals surface area contributed by atoms with E-state index in [9.17, 15) is 9.59 Å². The molecule has 0 aliphatic heterocycles. The molecule has 0 saturated heterocycles. The molecule has 0 atom stereocenters. The first-order valence-electron chi connectivity index (χ1n) is 6.11. The molecule has 0 aromatic carbocycles. The summed E-state index contributed by atoms with van der Waals surface area (Å²) < 4.78 is 9.84. The van der Waals surface area contributed by atoms with Crippen LogP contribution in [0.1, 0.15) is 51.9 Å². The van der Waals surface area contributed by atoms with E-state index in [0.29, 0.717) is 6.61 Å². The zero-order valence-electron chi connectivity index (χ0n) is 9.87. The van der Waals surface area contributed by atoms with E-state index in [4.69, 9.17) is 9.47 Å². The van der Waals surface area contributed by atoms with Crippen LogP contribution in [0.15, 0.2) is 0 Å². The Bertz CT molecular complexity index is 231. The highest BCUT2D eigenvalue weighted by atomic mass is 16.6. The first kappa shape index (κ1) is 13.0. The predicted octanol–water partition coefficient (Wildman–Crippen LogP) is 2.21. The third-order valence-corrected chi connectivity index (χ3v) is 2.72. The SMILES string of the molecule is CCCCOC(=O)C(=O)OC1CCCCC1. The Balaban J connectivity index is 2.19. The fourth-order valence-corrected chi connectivity index (χ4v) is 1.75. The average Bonchev–Trinajstić information content (AvgIpc) is 2.30. The third kappa shape index (κ3) is 4.64. The maximum absolute atomic E-state index is 11.3. The first-order valence-corrected chi connectivity index (χ1v) is 6.11. The largest absolute Gasteiger partial charge is 0.457 e. The van der Waals surface area contributed by atoms with Crippen LogP contribution in [0.25, 0.3) is 0 Å². The van der Waals surface area contributed by atoms with Crippen molar-refractivity contribution in [1.82, 2.24) is 0 Å². The van der Waals surface area contributed by atoms with Gasteiger partial charge < -0.3 is 9.47 Å². The minimum absolute atomic E-state index is 0.0834. The van der Waals surface area contributed by atoms with Crippen molar-refractivity contribution in [3.05, 3.63) is 0 Å². The summed E-state index contributed by atoms with van der Waals surface area (Å²) in [6.07, 6.45) is 6.70. The molecule has 0 amide bonds. The van der Waals surface area contributed by atoms with Gasteiger partial charge in [-0.2, -0.15) is 0 Å². The smallest absolute Gasteiger partial charge is 0.417 e. The molecule has 0 unspecified atom stereocenters. The van der Waals surface area contributed by atoms with E-state index in [1.165, 1.54) is 6.42 Å². The molecule has 1 saturated carbocycles. The Labute approximate surface area is 96.3 Å². The summed E-state index contributed by atoms with van der Waals surface area (Å²) in [5.74, 6) is -1.68. The summed E-state index contributed by atoms with van der Waals surface area (Å²) in [6.45, 7) is 2.29. The minimum Gasteiger partial charge on any atom is -0.457 e. The van der Waals surface area contributed by atoms with Crippen LogP contribution in [-0.4, -0.2) is 24.6 Å². The molecule has 1 fully saturated rings. The standard InChI is InChI=1S/C12H20O4/c1-2-3-9-15-11(13)12(14)16-10-7-5-4-6-8-10/h10H,2-9H2,1H3. The molecule has 0 N–H and O–H groups in total. The topological polar surface area (TPSA) is 52.6 Å². The summed E-state index contributed by atoms with van der Waals surface area (Å²) >= 11 is 0. The van der Waals surface area contributed by atoms with E-state index in [1.807, 2.05) is 6.92 Å². The van der Waals surface area contributed by atoms with Gasteiger partial charge in [0, 0.05) is 0 Å². The van der Waals surface area contributed by atoms with Crippen molar-refractivity contribution in [2.24, 2.45) is 0 Å². The highest BCUT2D eigenvalue weighted by molar-refractivity contribution is 6.29. The number of hydrogen-bond donors (Lipinski definition) is 0. The van der Waals surface area contributed by atoms with Gasteiger partial charge in [0.1, 0.15) is 6.10 Å². The van der Waals surface area contributed by atoms with E-state index in [0.717, 1.165) is 38.5 Å². The molecule has 1 aliphatic rings. The van der Waals surface area contributed by atoms with Crippen molar-refractivity contribution in [2.45, 2.75) is 58.0 Å². The van der Waals surface area contributed by atoms with Gasteiger partial charge in [0.15, 0.2) is 0 Å². The van der Waals surface area contributed by atoms with Crippen molar-refractivity contribution < 1.29 is 19.1 Å². The number of hydrogen-bond acceptors (Lipinski definition) is 4. The van der Waals surface area contributed by atoms with E-state index < -0.39 is 11.9 Å². The van der Waals surface area contributed by atoms with Gasteiger partial charge in [0.2, 0.25) is 0 Å². The summed E-state index contributed by atoms with van der Waals surface area (Å²) in [5, 5.41) is 0. The molecule has 0 radical (unpaired) electrons. The van der Waals surface area contributed by atoms with E-state index in [-0.39, 0.29) is 6.10 Å². The molecular weight excluding hydrogens is 208 g/mol. The molecule has 4 heteroatoms. The number of rotatable bonds is 4. The van der Waals surface area contributed by atoms with Gasteiger partial charge in [-0.25, -0.2) is 9.59 Å². The zero-order chi connectivity index (χ0) is 11.8. The fraction of sp³-hybridized carbons (Fsp3) is 0.833. The molecule has 0 spiro atoms. The van der Waals surface area contributed by atoms with Crippen LogP contribution in [0.4, 0.5) is 0 Å². The molecule has 1 rings (SSSR count). The van der Waals surface area contributed by atoms with Crippen molar-refractivity contribution in [2.75, 3.05) is 6.61 Å². The van der Waals surface area contributed by atoms with Gasteiger partial charge in [-0.3, -0.25) is 0 Å². The number of esters is 2. The molecule has 4 nitrogen and oxygen atoms in total. The second kappa shape index (κ2) is 7.25. The van der Waals surface area contributed by atoms with Gasteiger partial charge in [0.05, 0.1) is 6.61 Å². The summed E-state index contributed by atoms with van der Waals surface area (Å²) in [5.41, 5.74) is 0. The first-order chi connectivity index (χ1) is 7.74. The molecule has 92 valence electrons. The predicted molar refractivity (Wildman–Crippen MR) is 58.8 cm³/mol. The normalized spacial score (nSPS) is 16.8. The Morgan fingerprint density at radius 2 is 1.81 bits per heavy atom. The maximum atomic E-state index is 11.3. The van der Waals surface area contributed by atoms with Crippen molar-refractivity contribution in [1.29, 1.82) is 0 Å². The number of carbonyl (C=O) groups excluding carboxylic acids is 2. The molecule has 0 heterocycles. The Kier molecular flexibility index (Phi) is 5.90. The lowest BCUT2D eigenvalue weighted by atomic mass is 9.98. The van der Waals surface area contributed by atoms with Crippen molar-refractivity contribution in [3.8, 4) is 0 Å². The molecule has 0 bridgehead atoms. The summed E-state index contributed by atoms with van der Waals surface area (Å²) in [6, 6.07) is 0. The number of ether oxygens (including phenoxy) is 2. The quantitative estimate of drug-likeness (QED) is 0.420. The lowest BCUT2D eigenvalue weighted by Gasteiger charge is -2.21. The minimum atomic E-state index is -0.848.